The average molecular weight is 462 g/mol. The molecule has 0 atom stereocenters. The van der Waals surface area contributed by atoms with Gasteiger partial charge in [-0.05, 0) is 49.2 Å². The molecule has 7 nitrogen and oxygen atoms in total. The molecule has 176 valence electrons. The van der Waals surface area contributed by atoms with E-state index >= 15 is 0 Å². The van der Waals surface area contributed by atoms with Crippen LogP contribution in [0.25, 0.3) is 11.3 Å². The number of rotatable bonds is 8. The predicted octanol–water partition coefficient (Wildman–Crippen LogP) is 2.76. The summed E-state index contributed by atoms with van der Waals surface area (Å²) in [5, 5.41) is 7.06. The minimum absolute atomic E-state index is 0.235. The number of nitrogens with zero attached hydrogens (tertiary/aromatic N) is 3. The second kappa shape index (κ2) is 10.8. The van der Waals surface area contributed by atoms with Crippen LogP contribution in [-0.4, -0.2) is 67.9 Å². The van der Waals surface area contributed by atoms with Crippen molar-refractivity contribution in [2.45, 2.75) is 18.9 Å². The average Bonchev–Trinajstić information content (AvgIpc) is 3.18. The first kappa shape index (κ1) is 24.0. The van der Waals surface area contributed by atoms with E-state index in [4.69, 9.17) is 17.3 Å². The van der Waals surface area contributed by atoms with Crippen LogP contribution in [0.2, 0.25) is 0 Å². The van der Waals surface area contributed by atoms with E-state index in [1.54, 1.807) is 49.3 Å². The first-order valence-electron chi connectivity index (χ1n) is 11.3. The number of anilines is 1. The second-order valence-corrected chi connectivity index (χ2v) is 8.37. The summed E-state index contributed by atoms with van der Waals surface area (Å²) < 4.78 is 26.8. The molecule has 2 heterocycles. The van der Waals surface area contributed by atoms with Crippen molar-refractivity contribution in [2.24, 2.45) is 7.05 Å². The van der Waals surface area contributed by atoms with Gasteiger partial charge in [0, 0.05) is 56.8 Å². The molecule has 3 aromatic rings. The fourth-order valence-corrected chi connectivity index (χ4v) is 4.19. The number of ether oxygens (including phenoxy) is 2. The highest BCUT2D eigenvalue weighted by molar-refractivity contribution is 6.35. The number of nitrogens with one attached hydrogen (secondary N) is 1. The number of benzene rings is 2. The van der Waals surface area contributed by atoms with Crippen LogP contribution in [-0.2, 0) is 11.8 Å². The molecule has 0 unspecified atom stereocenters. The number of hydrogen-bond acceptors (Lipinski definition) is 5. The van der Waals surface area contributed by atoms with Crippen molar-refractivity contribution >= 4 is 24.9 Å². The van der Waals surface area contributed by atoms with E-state index in [1.807, 2.05) is 0 Å². The third-order valence-electron chi connectivity index (χ3n) is 6.08. The van der Waals surface area contributed by atoms with Crippen LogP contribution in [0.15, 0.2) is 48.7 Å². The van der Waals surface area contributed by atoms with Gasteiger partial charge in [-0.3, -0.25) is 14.4 Å². The molecule has 0 saturated carbocycles. The number of carbonyl (C=O) groups is 1. The minimum Gasteiger partial charge on any atom is -0.492 e. The minimum atomic E-state index is -0.466. The molecule has 1 aromatic heterocycles. The van der Waals surface area contributed by atoms with Gasteiger partial charge in [-0.25, -0.2) is 4.39 Å². The van der Waals surface area contributed by atoms with Gasteiger partial charge < -0.3 is 14.8 Å². The van der Waals surface area contributed by atoms with Gasteiger partial charge in [0.15, 0.2) is 0 Å². The topological polar surface area (TPSA) is 68.6 Å². The molecule has 0 bridgehead atoms. The number of hydrogen-bond donors (Lipinski definition) is 1. The molecule has 1 aliphatic heterocycles. The first-order valence-corrected chi connectivity index (χ1v) is 11.3. The molecule has 4 rings (SSSR count). The summed E-state index contributed by atoms with van der Waals surface area (Å²) in [5.41, 5.74) is 2.69. The van der Waals surface area contributed by atoms with E-state index in [9.17, 15) is 9.18 Å². The quantitative estimate of drug-likeness (QED) is 0.522. The van der Waals surface area contributed by atoms with Crippen molar-refractivity contribution in [1.29, 1.82) is 0 Å². The Kier molecular flexibility index (Phi) is 7.64. The molecule has 9 heteroatoms. The maximum Gasteiger partial charge on any atom is 0.255 e. The van der Waals surface area contributed by atoms with E-state index < -0.39 is 11.7 Å². The lowest BCUT2D eigenvalue weighted by Crippen LogP contribution is -2.38. The normalized spacial score (nSPS) is 14.8. The Balaban J connectivity index is 1.50. The van der Waals surface area contributed by atoms with Crippen molar-refractivity contribution in [3.63, 3.8) is 0 Å². The smallest absolute Gasteiger partial charge is 0.255 e. The van der Waals surface area contributed by atoms with E-state index in [1.165, 1.54) is 18.2 Å². The monoisotopic (exact) mass is 462 g/mol. The Bertz CT molecular complexity index is 1130. The van der Waals surface area contributed by atoms with E-state index in [0.717, 1.165) is 32.5 Å². The molecule has 0 spiro atoms. The Labute approximate surface area is 200 Å². The molecule has 1 fully saturated rings. The number of piperidine rings is 1. The summed E-state index contributed by atoms with van der Waals surface area (Å²) in [6, 6.07) is 10.9. The zero-order valence-corrected chi connectivity index (χ0v) is 19.5. The summed E-state index contributed by atoms with van der Waals surface area (Å²) in [7, 11) is 9.75. The summed E-state index contributed by atoms with van der Waals surface area (Å²) >= 11 is 0. The number of halogens is 1. The second-order valence-electron chi connectivity index (χ2n) is 8.37. The maximum atomic E-state index is 13.5. The van der Waals surface area contributed by atoms with Gasteiger partial charge >= 0.3 is 0 Å². The summed E-state index contributed by atoms with van der Waals surface area (Å²) in [6.45, 7) is 3.27. The van der Waals surface area contributed by atoms with Crippen molar-refractivity contribution in [2.75, 3.05) is 38.7 Å². The van der Waals surface area contributed by atoms with Crippen molar-refractivity contribution in [3.8, 4) is 17.0 Å². The van der Waals surface area contributed by atoms with E-state index in [0.29, 0.717) is 40.9 Å². The van der Waals surface area contributed by atoms with Gasteiger partial charge in [0.2, 0.25) is 0 Å². The molecular formula is C25H28BFN4O3. The lowest BCUT2D eigenvalue weighted by Gasteiger charge is -2.31. The zero-order chi connectivity index (χ0) is 24.1. The highest BCUT2D eigenvalue weighted by Crippen LogP contribution is 2.32. The van der Waals surface area contributed by atoms with Gasteiger partial charge in [0.05, 0.1) is 11.8 Å². The van der Waals surface area contributed by atoms with Gasteiger partial charge in [-0.1, -0.05) is 11.5 Å². The number of methoxy groups -OCH3 is 1. The number of likely N-dealkylation sites (tertiary alicyclic amines) is 1. The van der Waals surface area contributed by atoms with Crippen molar-refractivity contribution < 1.29 is 18.7 Å². The standard InChI is InChI=1S/C25H28BFN4O3/c1-30-24(22(26)16-28-30)21-15-19(29-25(32)17-4-3-5-18(27)14-17)6-7-23(21)34-13-12-31-10-8-20(33-2)9-11-31/h3-7,14-16,20H,8-13H2,1-2H3,(H,29,32). The Morgan fingerprint density at radius 3 is 2.71 bits per heavy atom. The van der Waals surface area contributed by atoms with Gasteiger partial charge in [0.1, 0.15) is 26.0 Å². The summed E-state index contributed by atoms with van der Waals surface area (Å²) in [5.74, 6) is -0.228. The number of aryl methyl sites for hydroxylation is 1. The molecule has 34 heavy (non-hydrogen) atoms. The maximum absolute atomic E-state index is 13.5. The Hall–Kier alpha value is -3.17. The van der Waals surface area contributed by atoms with E-state index in [2.05, 4.69) is 15.3 Å². The third-order valence-corrected chi connectivity index (χ3v) is 6.08. The summed E-state index contributed by atoms with van der Waals surface area (Å²) in [4.78, 5) is 15.0. The number of aromatic nitrogens is 2. The van der Waals surface area contributed by atoms with Crippen LogP contribution < -0.4 is 15.5 Å². The van der Waals surface area contributed by atoms with Crippen LogP contribution in [0.5, 0.6) is 5.75 Å². The number of amides is 1. The highest BCUT2D eigenvalue weighted by atomic mass is 19.1. The first-order chi connectivity index (χ1) is 16.4. The van der Waals surface area contributed by atoms with Crippen LogP contribution >= 0.6 is 0 Å². The van der Waals surface area contributed by atoms with Gasteiger partial charge in [-0.2, -0.15) is 5.10 Å². The molecule has 0 aliphatic carbocycles. The van der Waals surface area contributed by atoms with Crippen LogP contribution in [0, 0.1) is 5.82 Å². The molecule has 1 aliphatic rings. The Morgan fingerprint density at radius 1 is 1.24 bits per heavy atom. The van der Waals surface area contributed by atoms with Gasteiger partial charge in [0.25, 0.3) is 5.91 Å². The molecule has 1 saturated heterocycles. The molecule has 2 aromatic carbocycles. The number of carbonyl (C=O) groups excluding carboxylic acids is 1. The van der Waals surface area contributed by atoms with Crippen LogP contribution in [0.4, 0.5) is 10.1 Å². The van der Waals surface area contributed by atoms with Crippen molar-refractivity contribution in [1.82, 2.24) is 14.7 Å². The van der Waals surface area contributed by atoms with Crippen LogP contribution in [0.3, 0.4) is 0 Å². The van der Waals surface area contributed by atoms with Crippen LogP contribution in [0.1, 0.15) is 23.2 Å². The third kappa shape index (κ3) is 5.66. The molecular weight excluding hydrogens is 434 g/mol. The SMILES string of the molecule is [B]c1cnn(C)c1-c1cc(NC(=O)c2cccc(F)c2)ccc1OCCN1CCC(OC)CC1. The zero-order valence-electron chi connectivity index (χ0n) is 19.5. The fourth-order valence-electron chi connectivity index (χ4n) is 4.19. The molecule has 1 amide bonds. The highest BCUT2D eigenvalue weighted by Gasteiger charge is 2.19. The Morgan fingerprint density at radius 2 is 2.03 bits per heavy atom. The van der Waals surface area contributed by atoms with E-state index in [-0.39, 0.29) is 5.56 Å². The van der Waals surface area contributed by atoms with Crippen molar-refractivity contribution in [3.05, 3.63) is 60.0 Å². The summed E-state index contributed by atoms with van der Waals surface area (Å²) in [6.07, 6.45) is 3.96. The molecule has 2 radical (unpaired) electrons. The largest absolute Gasteiger partial charge is 0.492 e. The predicted molar refractivity (Wildman–Crippen MR) is 130 cm³/mol. The van der Waals surface area contributed by atoms with Gasteiger partial charge in [-0.15, -0.1) is 0 Å². The lowest BCUT2D eigenvalue weighted by atomic mass is 9.93. The lowest BCUT2D eigenvalue weighted by molar-refractivity contribution is 0.0375. The molecule has 1 N–H and O–H groups in total. The fraction of sp³-hybridized carbons (Fsp3) is 0.360.